The van der Waals surface area contributed by atoms with E-state index >= 15 is 0 Å². The number of benzene rings is 2. The first kappa shape index (κ1) is 20.9. The number of hydrogen-bond donors (Lipinski definition) is 1. The lowest BCUT2D eigenvalue weighted by atomic mass is 9.95. The molecule has 3 rings (SSSR count). The molecule has 1 saturated heterocycles. The van der Waals surface area contributed by atoms with Crippen molar-refractivity contribution in [1.82, 2.24) is 5.32 Å². The predicted octanol–water partition coefficient (Wildman–Crippen LogP) is 3.49. The zero-order valence-corrected chi connectivity index (χ0v) is 16.6. The largest absolute Gasteiger partial charge is 0.461 e. The molecule has 1 N–H and O–H groups in total. The van der Waals surface area contributed by atoms with E-state index in [1.807, 2.05) is 55.5 Å². The first-order valence-electron chi connectivity index (χ1n) is 9.89. The van der Waals surface area contributed by atoms with Crippen molar-refractivity contribution in [3.63, 3.8) is 0 Å². The van der Waals surface area contributed by atoms with E-state index in [4.69, 9.17) is 14.2 Å². The molecule has 0 radical (unpaired) electrons. The van der Waals surface area contributed by atoms with Gasteiger partial charge in [-0.1, -0.05) is 60.7 Å². The number of nitrogens with one attached hydrogen (secondary N) is 1. The lowest BCUT2D eigenvalue weighted by Crippen LogP contribution is -2.45. The first-order chi connectivity index (χ1) is 14.1. The van der Waals surface area contributed by atoms with Crippen molar-refractivity contribution >= 4 is 12.1 Å². The van der Waals surface area contributed by atoms with Crippen molar-refractivity contribution in [2.75, 3.05) is 13.2 Å². The maximum Gasteiger partial charge on any atom is 0.408 e. The molecule has 6 heteroatoms. The number of alkyl carbamates (subject to hydrolysis) is 1. The summed E-state index contributed by atoms with van der Waals surface area (Å²) in [5.41, 5.74) is 2.09. The molecular weight excluding hydrogens is 370 g/mol. The number of amides is 1. The van der Waals surface area contributed by atoms with Gasteiger partial charge in [-0.05, 0) is 36.8 Å². The summed E-state index contributed by atoms with van der Waals surface area (Å²) in [5.74, 6) is -0.279. The van der Waals surface area contributed by atoms with Crippen LogP contribution in [-0.2, 0) is 32.0 Å². The molecule has 2 aromatic rings. The summed E-state index contributed by atoms with van der Waals surface area (Å²) in [6.45, 7) is 2.54. The van der Waals surface area contributed by atoms with Crippen LogP contribution in [0.4, 0.5) is 4.79 Å². The summed E-state index contributed by atoms with van der Waals surface area (Å²) in [7, 11) is 0. The Morgan fingerprint density at radius 2 is 1.69 bits per heavy atom. The van der Waals surface area contributed by atoms with E-state index in [1.54, 1.807) is 0 Å². The number of ether oxygens (including phenoxy) is 3. The van der Waals surface area contributed by atoms with Gasteiger partial charge in [0.05, 0.1) is 12.7 Å². The zero-order valence-electron chi connectivity index (χ0n) is 16.6. The normalized spacial score (nSPS) is 22.5. The van der Waals surface area contributed by atoms with Gasteiger partial charge in [-0.25, -0.2) is 9.59 Å². The van der Waals surface area contributed by atoms with Crippen molar-refractivity contribution in [2.24, 2.45) is 5.92 Å². The predicted molar refractivity (Wildman–Crippen MR) is 108 cm³/mol. The van der Waals surface area contributed by atoms with Crippen molar-refractivity contribution in [3.05, 3.63) is 71.8 Å². The molecule has 0 saturated carbocycles. The average molecular weight is 397 g/mol. The summed E-state index contributed by atoms with van der Waals surface area (Å²) < 4.78 is 16.5. The third kappa shape index (κ3) is 6.91. The second-order valence-electron chi connectivity index (χ2n) is 7.34. The maximum atomic E-state index is 12.4. The highest BCUT2D eigenvalue weighted by molar-refractivity contribution is 5.81. The number of cyclic esters (lactones) is 1. The molecular formula is C23H27NO5. The second-order valence-corrected chi connectivity index (χ2v) is 7.34. The highest BCUT2D eigenvalue weighted by Gasteiger charge is 2.28. The summed E-state index contributed by atoms with van der Waals surface area (Å²) in [6.07, 6.45) is 0.612. The Labute approximate surface area is 171 Å². The van der Waals surface area contributed by atoms with Crippen LogP contribution in [0.1, 0.15) is 24.5 Å². The molecule has 1 amide bonds. The number of hydrogen-bond acceptors (Lipinski definition) is 5. The van der Waals surface area contributed by atoms with Crippen LogP contribution in [0.25, 0.3) is 0 Å². The second kappa shape index (κ2) is 10.6. The number of carbonyl (C=O) groups excluding carboxylic acids is 2. The van der Waals surface area contributed by atoms with Crippen LogP contribution in [0.3, 0.4) is 0 Å². The molecule has 1 heterocycles. The minimum Gasteiger partial charge on any atom is -0.461 e. The van der Waals surface area contributed by atoms with Crippen LogP contribution in [0.2, 0.25) is 0 Å². The van der Waals surface area contributed by atoms with Crippen molar-refractivity contribution in [2.45, 2.75) is 38.5 Å². The van der Waals surface area contributed by atoms with E-state index in [0.717, 1.165) is 12.0 Å². The molecule has 0 spiro atoms. The third-order valence-corrected chi connectivity index (χ3v) is 4.78. The smallest absolute Gasteiger partial charge is 0.408 e. The van der Waals surface area contributed by atoms with E-state index < -0.39 is 18.1 Å². The quantitative estimate of drug-likeness (QED) is 0.782. The van der Waals surface area contributed by atoms with E-state index in [-0.39, 0.29) is 25.2 Å². The molecule has 6 nitrogen and oxygen atoms in total. The number of esters is 1. The van der Waals surface area contributed by atoms with Crippen LogP contribution < -0.4 is 5.32 Å². The van der Waals surface area contributed by atoms with Gasteiger partial charge in [0.1, 0.15) is 6.61 Å². The van der Waals surface area contributed by atoms with E-state index in [9.17, 15) is 9.59 Å². The van der Waals surface area contributed by atoms with Crippen molar-refractivity contribution < 1.29 is 23.8 Å². The Hall–Kier alpha value is -2.86. The Morgan fingerprint density at radius 3 is 2.38 bits per heavy atom. The van der Waals surface area contributed by atoms with Gasteiger partial charge >= 0.3 is 12.1 Å². The molecule has 1 aliphatic rings. The fourth-order valence-corrected chi connectivity index (χ4v) is 3.38. The Bertz CT molecular complexity index is 780. The summed E-state index contributed by atoms with van der Waals surface area (Å²) in [5, 5.41) is 2.56. The fourth-order valence-electron chi connectivity index (χ4n) is 3.38. The topological polar surface area (TPSA) is 73.9 Å². The van der Waals surface area contributed by atoms with Gasteiger partial charge in [-0.15, -0.1) is 0 Å². The van der Waals surface area contributed by atoms with Gasteiger partial charge in [0.25, 0.3) is 0 Å². The molecule has 1 aliphatic heterocycles. The zero-order chi connectivity index (χ0) is 20.5. The fraction of sp³-hybridized carbons (Fsp3) is 0.391. The molecule has 29 heavy (non-hydrogen) atoms. The Morgan fingerprint density at radius 1 is 1.03 bits per heavy atom. The van der Waals surface area contributed by atoms with E-state index in [0.29, 0.717) is 13.0 Å². The van der Waals surface area contributed by atoms with Gasteiger partial charge in [-0.2, -0.15) is 0 Å². The van der Waals surface area contributed by atoms with Crippen LogP contribution in [0.5, 0.6) is 0 Å². The van der Waals surface area contributed by atoms with Gasteiger partial charge < -0.3 is 19.5 Å². The summed E-state index contributed by atoms with van der Waals surface area (Å²) >= 11 is 0. The Balaban J connectivity index is 1.52. The summed E-state index contributed by atoms with van der Waals surface area (Å²) in [6, 6.07) is 18.6. The number of rotatable bonds is 5. The lowest BCUT2D eigenvalue weighted by Gasteiger charge is -2.19. The monoisotopic (exact) mass is 397 g/mol. The van der Waals surface area contributed by atoms with Crippen molar-refractivity contribution in [1.29, 1.82) is 0 Å². The average Bonchev–Trinajstić information content (AvgIpc) is 2.78. The van der Waals surface area contributed by atoms with Crippen LogP contribution in [0, 0.1) is 5.92 Å². The first-order valence-corrected chi connectivity index (χ1v) is 9.89. The summed E-state index contributed by atoms with van der Waals surface area (Å²) in [4.78, 5) is 24.5. The van der Waals surface area contributed by atoms with Gasteiger partial charge in [0, 0.05) is 6.61 Å². The minimum absolute atomic E-state index is 0.0529. The highest BCUT2D eigenvalue weighted by atomic mass is 16.6. The van der Waals surface area contributed by atoms with Gasteiger partial charge in [-0.3, -0.25) is 0 Å². The van der Waals surface area contributed by atoms with Gasteiger partial charge in [0.15, 0.2) is 6.04 Å². The molecule has 0 bridgehead atoms. The lowest BCUT2D eigenvalue weighted by molar-refractivity contribution is -0.151. The molecule has 3 atom stereocenters. The Kier molecular flexibility index (Phi) is 7.64. The standard InChI is InChI=1S/C23H27NO5/c1-17-12-20(13-18-8-4-2-5-9-18)14-27-16-21(22(25)29-17)24-23(26)28-15-19-10-6-3-7-11-19/h2-11,17,20-21H,12-16H2,1H3,(H,24,26)/t17-,20-,21-/m0/s1. The molecule has 0 aromatic heterocycles. The maximum absolute atomic E-state index is 12.4. The van der Waals surface area contributed by atoms with Gasteiger partial charge in [0.2, 0.25) is 0 Å². The van der Waals surface area contributed by atoms with Crippen LogP contribution in [-0.4, -0.2) is 37.4 Å². The van der Waals surface area contributed by atoms with E-state index in [2.05, 4.69) is 17.4 Å². The third-order valence-electron chi connectivity index (χ3n) is 4.78. The molecule has 0 unspecified atom stereocenters. The SMILES string of the molecule is C[C@H]1C[C@@H](Cc2ccccc2)COC[C@H](NC(=O)OCc2ccccc2)C(=O)O1. The van der Waals surface area contributed by atoms with Crippen molar-refractivity contribution in [3.8, 4) is 0 Å². The molecule has 1 fully saturated rings. The molecule has 0 aliphatic carbocycles. The van der Waals surface area contributed by atoms with Crippen LogP contribution in [0.15, 0.2) is 60.7 Å². The molecule has 2 aromatic carbocycles. The number of carbonyl (C=O) groups is 2. The minimum atomic E-state index is -0.892. The van der Waals surface area contributed by atoms with Crippen LogP contribution >= 0.6 is 0 Å². The highest BCUT2D eigenvalue weighted by Crippen LogP contribution is 2.18. The molecule has 154 valence electrons. The van der Waals surface area contributed by atoms with E-state index in [1.165, 1.54) is 5.56 Å².